The van der Waals surface area contributed by atoms with Crippen molar-refractivity contribution in [3.8, 4) is 5.88 Å². The molecule has 4 rings (SSSR count). The van der Waals surface area contributed by atoms with Crippen molar-refractivity contribution in [2.75, 3.05) is 18.5 Å². The lowest BCUT2D eigenvalue weighted by molar-refractivity contribution is -0.0116. The molecule has 1 unspecified atom stereocenters. The Hall–Kier alpha value is -2.99. The van der Waals surface area contributed by atoms with Gasteiger partial charge < -0.3 is 14.8 Å². The largest absolute Gasteiger partial charge is 0.474 e. The van der Waals surface area contributed by atoms with Gasteiger partial charge in [-0.15, -0.1) is 0 Å². The van der Waals surface area contributed by atoms with E-state index in [2.05, 4.69) is 15.3 Å². The van der Waals surface area contributed by atoms with Crippen LogP contribution in [0.4, 0.5) is 5.69 Å². The van der Waals surface area contributed by atoms with Crippen LogP contribution in [0.15, 0.2) is 54.9 Å². The molecule has 1 aromatic carbocycles. The molecule has 138 valence electrons. The fourth-order valence-corrected chi connectivity index (χ4v) is 3.15. The van der Waals surface area contributed by atoms with E-state index in [1.54, 1.807) is 30.6 Å². The van der Waals surface area contributed by atoms with Gasteiger partial charge in [0.1, 0.15) is 12.3 Å². The van der Waals surface area contributed by atoms with E-state index < -0.39 is 0 Å². The number of pyridine rings is 2. The van der Waals surface area contributed by atoms with Crippen LogP contribution in [0.2, 0.25) is 0 Å². The second kappa shape index (κ2) is 8.14. The third-order valence-corrected chi connectivity index (χ3v) is 4.56. The van der Waals surface area contributed by atoms with Crippen molar-refractivity contribution in [3.63, 3.8) is 0 Å². The quantitative estimate of drug-likeness (QED) is 0.746. The lowest BCUT2D eigenvalue weighted by Gasteiger charge is -2.22. The number of nitrogens with zero attached hydrogens (tertiary/aromatic N) is 2. The Kier molecular flexibility index (Phi) is 5.25. The van der Waals surface area contributed by atoms with Gasteiger partial charge in [0.25, 0.3) is 5.91 Å². The summed E-state index contributed by atoms with van der Waals surface area (Å²) in [5, 5.41) is 4.73. The highest BCUT2D eigenvalue weighted by Crippen LogP contribution is 2.26. The summed E-state index contributed by atoms with van der Waals surface area (Å²) in [6.07, 6.45) is 6.76. The lowest BCUT2D eigenvalue weighted by Crippen LogP contribution is -2.26. The average Bonchev–Trinajstić information content (AvgIpc) is 2.73. The zero-order chi connectivity index (χ0) is 18.5. The van der Waals surface area contributed by atoms with Crippen molar-refractivity contribution >= 4 is 22.4 Å². The predicted octanol–water partition coefficient (Wildman–Crippen LogP) is 3.83. The minimum absolute atomic E-state index is 0.132. The molecule has 1 aliphatic heterocycles. The van der Waals surface area contributed by atoms with Crippen LogP contribution in [0.1, 0.15) is 29.8 Å². The first-order chi connectivity index (χ1) is 13.3. The maximum Gasteiger partial charge on any atom is 0.274 e. The molecular weight excluding hydrogens is 342 g/mol. The van der Waals surface area contributed by atoms with Gasteiger partial charge in [-0.2, -0.15) is 0 Å². The fourth-order valence-electron chi connectivity index (χ4n) is 3.15. The van der Waals surface area contributed by atoms with E-state index in [-0.39, 0.29) is 12.0 Å². The maximum absolute atomic E-state index is 12.3. The highest BCUT2D eigenvalue weighted by atomic mass is 16.5. The van der Waals surface area contributed by atoms with Crippen LogP contribution in [0.25, 0.3) is 10.8 Å². The molecule has 0 bridgehead atoms. The summed E-state index contributed by atoms with van der Waals surface area (Å²) in [5.41, 5.74) is 1.08. The molecule has 1 amide bonds. The SMILES string of the molecule is O=C(Nc1ccc2c(OCC3CCCCO3)nccc2c1)c1ccccn1. The molecule has 3 heterocycles. The Bertz CT molecular complexity index is 924. The lowest BCUT2D eigenvalue weighted by atomic mass is 10.1. The predicted molar refractivity (Wildman–Crippen MR) is 103 cm³/mol. The van der Waals surface area contributed by atoms with E-state index in [9.17, 15) is 4.79 Å². The topological polar surface area (TPSA) is 73.3 Å². The summed E-state index contributed by atoms with van der Waals surface area (Å²) in [6.45, 7) is 1.31. The third kappa shape index (κ3) is 4.23. The Morgan fingerprint density at radius 2 is 2.11 bits per heavy atom. The molecule has 1 saturated heterocycles. The van der Waals surface area contributed by atoms with Crippen molar-refractivity contribution in [2.45, 2.75) is 25.4 Å². The Morgan fingerprint density at radius 3 is 2.93 bits per heavy atom. The van der Waals surface area contributed by atoms with Gasteiger partial charge in [0.05, 0.1) is 6.10 Å². The number of carbonyl (C=O) groups is 1. The average molecular weight is 363 g/mol. The molecule has 0 aliphatic carbocycles. The molecule has 0 radical (unpaired) electrons. The first-order valence-electron chi connectivity index (χ1n) is 9.15. The van der Waals surface area contributed by atoms with Crippen LogP contribution in [0.3, 0.4) is 0 Å². The number of hydrogen-bond donors (Lipinski definition) is 1. The van der Waals surface area contributed by atoms with Crippen LogP contribution in [-0.2, 0) is 4.74 Å². The van der Waals surface area contributed by atoms with Crippen molar-refractivity contribution in [2.24, 2.45) is 0 Å². The van der Waals surface area contributed by atoms with Gasteiger partial charge in [-0.05, 0) is 61.0 Å². The van der Waals surface area contributed by atoms with Crippen molar-refractivity contribution in [1.29, 1.82) is 0 Å². The minimum Gasteiger partial charge on any atom is -0.474 e. The van der Waals surface area contributed by atoms with E-state index in [0.717, 1.165) is 30.2 Å². The zero-order valence-corrected chi connectivity index (χ0v) is 14.9. The van der Waals surface area contributed by atoms with Gasteiger partial charge in [-0.1, -0.05) is 6.07 Å². The maximum atomic E-state index is 12.3. The summed E-state index contributed by atoms with van der Waals surface area (Å²) in [5.74, 6) is 0.346. The van der Waals surface area contributed by atoms with Gasteiger partial charge in [-0.25, -0.2) is 4.98 Å². The second-order valence-corrected chi connectivity index (χ2v) is 6.52. The van der Waals surface area contributed by atoms with E-state index >= 15 is 0 Å². The smallest absolute Gasteiger partial charge is 0.274 e. The number of benzene rings is 1. The summed E-state index contributed by atoms with van der Waals surface area (Å²) in [7, 11) is 0. The summed E-state index contributed by atoms with van der Waals surface area (Å²) < 4.78 is 11.6. The highest BCUT2D eigenvalue weighted by molar-refractivity contribution is 6.04. The first kappa shape index (κ1) is 17.4. The highest BCUT2D eigenvalue weighted by Gasteiger charge is 2.15. The number of nitrogens with one attached hydrogen (secondary N) is 1. The monoisotopic (exact) mass is 363 g/mol. The normalized spacial score (nSPS) is 16.8. The number of amides is 1. The van der Waals surface area contributed by atoms with Crippen LogP contribution in [0.5, 0.6) is 5.88 Å². The number of ether oxygens (including phenoxy) is 2. The molecule has 0 saturated carbocycles. The number of aromatic nitrogens is 2. The van der Waals surface area contributed by atoms with Gasteiger partial charge in [0, 0.05) is 30.1 Å². The number of rotatable bonds is 5. The zero-order valence-electron chi connectivity index (χ0n) is 14.9. The number of carbonyl (C=O) groups excluding carboxylic acids is 1. The summed E-state index contributed by atoms with van der Waals surface area (Å²) >= 11 is 0. The molecule has 2 aromatic heterocycles. The van der Waals surface area contributed by atoms with Gasteiger partial charge in [0.2, 0.25) is 5.88 Å². The van der Waals surface area contributed by atoms with Crippen LogP contribution < -0.4 is 10.1 Å². The molecule has 3 aromatic rings. The Morgan fingerprint density at radius 1 is 1.15 bits per heavy atom. The van der Waals surface area contributed by atoms with Crippen LogP contribution in [0, 0.1) is 0 Å². The van der Waals surface area contributed by atoms with Crippen molar-refractivity contribution in [1.82, 2.24) is 9.97 Å². The molecule has 1 N–H and O–H groups in total. The van der Waals surface area contributed by atoms with E-state index in [1.165, 1.54) is 6.42 Å². The molecule has 1 aliphatic rings. The standard InChI is InChI=1S/C21H21N3O3/c25-20(19-6-1-3-10-22-19)24-16-7-8-18-15(13-16)9-11-23-21(18)27-14-17-5-2-4-12-26-17/h1,3,6-11,13,17H,2,4-5,12,14H2,(H,24,25). The van der Waals surface area contributed by atoms with Crippen molar-refractivity contribution in [3.05, 3.63) is 60.6 Å². The number of hydrogen-bond acceptors (Lipinski definition) is 5. The first-order valence-corrected chi connectivity index (χ1v) is 9.15. The van der Waals surface area contributed by atoms with E-state index in [0.29, 0.717) is 23.9 Å². The molecule has 0 spiro atoms. The Labute approximate surface area is 157 Å². The summed E-state index contributed by atoms with van der Waals surface area (Å²) in [6, 6.07) is 12.8. The Balaban J connectivity index is 1.48. The van der Waals surface area contributed by atoms with E-state index in [4.69, 9.17) is 9.47 Å². The summed E-state index contributed by atoms with van der Waals surface area (Å²) in [4.78, 5) is 20.7. The minimum atomic E-state index is -0.241. The second-order valence-electron chi connectivity index (χ2n) is 6.52. The fraction of sp³-hybridized carbons (Fsp3) is 0.286. The third-order valence-electron chi connectivity index (χ3n) is 4.56. The molecule has 1 atom stereocenters. The molecule has 1 fully saturated rings. The van der Waals surface area contributed by atoms with Crippen molar-refractivity contribution < 1.29 is 14.3 Å². The van der Waals surface area contributed by atoms with E-state index in [1.807, 2.05) is 24.3 Å². The molecular formula is C21H21N3O3. The van der Waals surface area contributed by atoms with Gasteiger partial charge in [0.15, 0.2) is 0 Å². The molecule has 27 heavy (non-hydrogen) atoms. The van der Waals surface area contributed by atoms with Gasteiger partial charge >= 0.3 is 0 Å². The van der Waals surface area contributed by atoms with Crippen LogP contribution >= 0.6 is 0 Å². The number of anilines is 1. The van der Waals surface area contributed by atoms with Gasteiger partial charge in [-0.3, -0.25) is 9.78 Å². The molecule has 6 heteroatoms. The van der Waals surface area contributed by atoms with Crippen LogP contribution in [-0.4, -0.2) is 35.2 Å². The number of fused-ring (bicyclic) bond motifs is 1. The molecule has 6 nitrogen and oxygen atoms in total.